The highest BCUT2D eigenvalue weighted by molar-refractivity contribution is 9.10. The number of nitrogens with zero attached hydrogens (tertiary/aromatic N) is 2. The number of nitrogens with two attached hydrogens (primary N) is 1. The third kappa shape index (κ3) is 2.89. The Bertz CT molecular complexity index is 788. The van der Waals surface area contributed by atoms with Gasteiger partial charge in [0.1, 0.15) is 11.3 Å². The summed E-state index contributed by atoms with van der Waals surface area (Å²) in [6.07, 6.45) is 3.83. The normalized spacial score (nSPS) is 10.1. The fourth-order valence-electron chi connectivity index (χ4n) is 1.59. The van der Waals surface area contributed by atoms with Gasteiger partial charge in [-0.15, -0.1) is 0 Å². The predicted molar refractivity (Wildman–Crippen MR) is 78.0 cm³/mol. The van der Waals surface area contributed by atoms with Crippen molar-refractivity contribution in [3.05, 3.63) is 55.0 Å². The molecule has 0 fully saturated rings. The van der Waals surface area contributed by atoms with Gasteiger partial charge in [-0.3, -0.25) is 19.7 Å². The van der Waals surface area contributed by atoms with Crippen LogP contribution in [0.2, 0.25) is 0 Å². The zero-order valence-electron chi connectivity index (χ0n) is 10.3. The number of carbonyl (C=O) groups excluding carboxylic acids is 1. The molecule has 2 aromatic heterocycles. The van der Waals surface area contributed by atoms with Crippen molar-refractivity contribution in [1.29, 1.82) is 0 Å². The van der Waals surface area contributed by atoms with Gasteiger partial charge in [-0.2, -0.15) is 0 Å². The zero-order chi connectivity index (χ0) is 15.6. The molecule has 0 unspecified atom stereocenters. The zero-order valence-corrected chi connectivity index (χ0v) is 11.9. The molecule has 2 rings (SSSR count). The van der Waals surface area contributed by atoms with Crippen molar-refractivity contribution >= 4 is 39.0 Å². The van der Waals surface area contributed by atoms with Crippen LogP contribution in [0.15, 0.2) is 33.9 Å². The molecule has 10 heteroatoms. The van der Waals surface area contributed by atoms with Gasteiger partial charge in [0, 0.05) is 18.6 Å². The molecule has 108 valence electrons. The highest BCUT2D eigenvalue weighted by atomic mass is 79.9. The summed E-state index contributed by atoms with van der Waals surface area (Å²) >= 11 is 3.01. The Hall–Kier alpha value is -2.75. The standard InChI is InChI=1S/C11H8BrN5O4/c12-6-3-14-4-7(9(6)18)16-11(19)5-1-2-15-10(13)8(5)17(20)21/h1-4H,(H2,13,15)(H,14,18)(H,16,19). The number of amides is 1. The van der Waals surface area contributed by atoms with Crippen LogP contribution in [0.5, 0.6) is 0 Å². The number of halogens is 1. The predicted octanol–water partition coefficient (Wildman–Crippen LogP) is 1.28. The molecular formula is C11H8BrN5O4. The summed E-state index contributed by atoms with van der Waals surface area (Å²) in [4.78, 5) is 40.2. The molecule has 0 bridgehead atoms. The van der Waals surface area contributed by atoms with Crippen molar-refractivity contribution in [3.8, 4) is 0 Å². The second kappa shape index (κ2) is 5.71. The molecule has 21 heavy (non-hydrogen) atoms. The van der Waals surface area contributed by atoms with Crippen LogP contribution in [0.3, 0.4) is 0 Å². The van der Waals surface area contributed by atoms with Crippen molar-refractivity contribution in [2.24, 2.45) is 0 Å². The summed E-state index contributed by atoms with van der Waals surface area (Å²) < 4.78 is 0.212. The van der Waals surface area contributed by atoms with E-state index in [9.17, 15) is 19.7 Å². The number of pyridine rings is 2. The van der Waals surface area contributed by atoms with E-state index in [2.05, 4.69) is 31.2 Å². The second-order valence-electron chi connectivity index (χ2n) is 3.85. The van der Waals surface area contributed by atoms with Gasteiger partial charge in [-0.25, -0.2) is 4.98 Å². The molecule has 0 aromatic carbocycles. The van der Waals surface area contributed by atoms with Crippen LogP contribution in [0, 0.1) is 10.1 Å². The Kier molecular flexibility index (Phi) is 3.98. The molecule has 1 amide bonds. The average Bonchev–Trinajstić information content (AvgIpc) is 2.43. The van der Waals surface area contributed by atoms with Gasteiger partial charge >= 0.3 is 5.69 Å². The summed E-state index contributed by atoms with van der Waals surface area (Å²) in [5, 5.41) is 13.2. The summed E-state index contributed by atoms with van der Waals surface area (Å²) in [5.74, 6) is -1.21. The Morgan fingerprint density at radius 1 is 1.48 bits per heavy atom. The van der Waals surface area contributed by atoms with Crippen LogP contribution in [-0.4, -0.2) is 20.8 Å². The van der Waals surface area contributed by atoms with E-state index in [4.69, 9.17) is 5.73 Å². The van der Waals surface area contributed by atoms with E-state index in [1.165, 1.54) is 18.6 Å². The molecule has 0 saturated heterocycles. The number of nitrogens with one attached hydrogen (secondary N) is 2. The van der Waals surface area contributed by atoms with Gasteiger partial charge in [0.15, 0.2) is 0 Å². The van der Waals surface area contributed by atoms with Crippen LogP contribution in [0.4, 0.5) is 17.2 Å². The number of nitro groups is 1. The number of H-pyrrole nitrogens is 1. The molecule has 0 radical (unpaired) electrons. The summed E-state index contributed by atoms with van der Waals surface area (Å²) in [6, 6.07) is 1.15. The van der Waals surface area contributed by atoms with Gasteiger partial charge in [-0.05, 0) is 22.0 Å². The van der Waals surface area contributed by atoms with Crippen molar-refractivity contribution in [3.63, 3.8) is 0 Å². The lowest BCUT2D eigenvalue weighted by molar-refractivity contribution is -0.384. The third-order valence-electron chi connectivity index (χ3n) is 2.53. The molecule has 0 atom stereocenters. The number of aromatic amines is 1. The monoisotopic (exact) mass is 353 g/mol. The first kappa shape index (κ1) is 14.7. The lowest BCUT2D eigenvalue weighted by atomic mass is 10.2. The van der Waals surface area contributed by atoms with E-state index in [1.807, 2.05) is 0 Å². The first-order valence-corrected chi connectivity index (χ1v) is 6.28. The molecule has 0 aliphatic heterocycles. The Morgan fingerprint density at radius 2 is 2.19 bits per heavy atom. The van der Waals surface area contributed by atoms with E-state index in [-0.39, 0.29) is 21.5 Å². The maximum Gasteiger partial charge on any atom is 0.323 e. The van der Waals surface area contributed by atoms with Crippen LogP contribution < -0.4 is 16.5 Å². The summed E-state index contributed by atoms with van der Waals surface area (Å²) in [7, 11) is 0. The summed E-state index contributed by atoms with van der Waals surface area (Å²) in [5.41, 5.74) is 3.98. The Balaban J connectivity index is 2.42. The Labute approximate surface area is 125 Å². The van der Waals surface area contributed by atoms with E-state index in [0.29, 0.717) is 0 Å². The molecule has 0 spiro atoms. The number of aromatic nitrogens is 2. The number of hydrogen-bond donors (Lipinski definition) is 3. The lowest BCUT2D eigenvalue weighted by Gasteiger charge is -2.06. The van der Waals surface area contributed by atoms with Crippen molar-refractivity contribution < 1.29 is 9.72 Å². The van der Waals surface area contributed by atoms with Crippen LogP contribution >= 0.6 is 15.9 Å². The molecule has 2 heterocycles. The van der Waals surface area contributed by atoms with Crippen molar-refractivity contribution in [1.82, 2.24) is 9.97 Å². The molecule has 0 aliphatic rings. The molecular weight excluding hydrogens is 346 g/mol. The van der Waals surface area contributed by atoms with E-state index in [1.54, 1.807) is 0 Å². The minimum Gasteiger partial charge on any atom is -0.378 e. The number of hydrogen-bond acceptors (Lipinski definition) is 6. The molecule has 4 N–H and O–H groups in total. The first-order valence-electron chi connectivity index (χ1n) is 5.48. The van der Waals surface area contributed by atoms with Gasteiger partial charge < -0.3 is 16.0 Å². The third-order valence-corrected chi connectivity index (χ3v) is 3.12. The van der Waals surface area contributed by atoms with E-state index >= 15 is 0 Å². The topological polar surface area (TPSA) is 144 Å². The van der Waals surface area contributed by atoms with E-state index < -0.39 is 21.9 Å². The average molecular weight is 354 g/mol. The van der Waals surface area contributed by atoms with Gasteiger partial charge in [0.25, 0.3) is 5.91 Å². The van der Waals surface area contributed by atoms with Crippen molar-refractivity contribution in [2.75, 3.05) is 11.1 Å². The minimum absolute atomic E-state index is 0.0564. The lowest BCUT2D eigenvalue weighted by Crippen LogP contribution is -2.20. The maximum atomic E-state index is 12.1. The highest BCUT2D eigenvalue weighted by Crippen LogP contribution is 2.24. The van der Waals surface area contributed by atoms with Crippen LogP contribution in [0.25, 0.3) is 0 Å². The molecule has 0 aliphatic carbocycles. The fraction of sp³-hybridized carbons (Fsp3) is 0. The quantitative estimate of drug-likeness (QED) is 0.559. The molecule has 9 nitrogen and oxygen atoms in total. The van der Waals surface area contributed by atoms with Gasteiger partial charge in [-0.1, -0.05) is 0 Å². The summed E-state index contributed by atoms with van der Waals surface area (Å²) in [6.45, 7) is 0. The number of anilines is 2. The second-order valence-corrected chi connectivity index (χ2v) is 4.70. The number of carbonyl (C=O) groups is 1. The number of nitrogen functional groups attached to an aromatic ring is 1. The van der Waals surface area contributed by atoms with Crippen molar-refractivity contribution in [2.45, 2.75) is 0 Å². The van der Waals surface area contributed by atoms with Gasteiger partial charge in [0.05, 0.1) is 9.40 Å². The molecule has 0 saturated carbocycles. The minimum atomic E-state index is -0.834. The van der Waals surface area contributed by atoms with E-state index in [0.717, 1.165) is 6.07 Å². The smallest absolute Gasteiger partial charge is 0.323 e. The largest absolute Gasteiger partial charge is 0.378 e. The number of rotatable bonds is 3. The van der Waals surface area contributed by atoms with Gasteiger partial charge in [0.2, 0.25) is 11.2 Å². The first-order chi connectivity index (χ1) is 9.91. The highest BCUT2D eigenvalue weighted by Gasteiger charge is 2.24. The van der Waals surface area contributed by atoms with Crippen LogP contribution in [0.1, 0.15) is 10.4 Å². The molecule has 2 aromatic rings. The fourth-order valence-corrected chi connectivity index (χ4v) is 1.93. The maximum absolute atomic E-state index is 12.1. The Morgan fingerprint density at radius 3 is 2.86 bits per heavy atom. The van der Waals surface area contributed by atoms with Crippen LogP contribution in [-0.2, 0) is 0 Å². The SMILES string of the molecule is Nc1nccc(C(=O)Nc2c[nH]cc(Br)c2=O)c1[N+](=O)[O-].